The third-order valence-corrected chi connectivity index (χ3v) is 11.1. The van der Waals surface area contributed by atoms with Crippen LogP contribution in [0, 0.1) is 11.8 Å². The van der Waals surface area contributed by atoms with Crippen LogP contribution in [0.15, 0.2) is 0 Å². The fourth-order valence-electron chi connectivity index (χ4n) is 5.74. The quantitative estimate of drug-likeness (QED) is 0.673. The lowest BCUT2D eigenvalue weighted by atomic mass is 10.00. The van der Waals surface area contributed by atoms with E-state index < -0.39 is 8.72 Å². The lowest BCUT2D eigenvalue weighted by Crippen LogP contribution is -2.68. The minimum absolute atomic E-state index is 0.618. The lowest BCUT2D eigenvalue weighted by molar-refractivity contribution is 0.0511. The van der Waals surface area contributed by atoms with E-state index >= 15 is 0 Å². The van der Waals surface area contributed by atoms with E-state index in [9.17, 15) is 0 Å². The van der Waals surface area contributed by atoms with E-state index in [0.717, 1.165) is 25.0 Å². The van der Waals surface area contributed by atoms with Gasteiger partial charge in [-0.2, -0.15) is 0 Å². The van der Waals surface area contributed by atoms with Gasteiger partial charge in [0.1, 0.15) is 0 Å². The molecule has 0 amide bonds. The van der Waals surface area contributed by atoms with Crippen LogP contribution in [-0.2, 0) is 8.85 Å². The van der Waals surface area contributed by atoms with Gasteiger partial charge in [-0.1, -0.05) is 12.8 Å². The molecule has 2 saturated carbocycles. The van der Waals surface area contributed by atoms with Gasteiger partial charge in [0.15, 0.2) is 0 Å². The van der Waals surface area contributed by atoms with Gasteiger partial charge in [-0.05, 0) is 71.6 Å². The number of nitrogens with zero attached hydrogens (tertiary/aromatic N) is 1. The van der Waals surface area contributed by atoms with Crippen LogP contribution in [0.4, 0.5) is 0 Å². The normalized spacial score (nSPS) is 39.5. The third kappa shape index (κ3) is 2.81. The summed E-state index contributed by atoms with van der Waals surface area (Å²) < 4.78 is 16.0. The van der Waals surface area contributed by atoms with Gasteiger partial charge >= 0.3 is 8.72 Å². The van der Waals surface area contributed by atoms with Crippen LogP contribution in [-0.4, -0.2) is 38.6 Å². The molecule has 1 heterocycles. The number of hydrogen-bond acceptors (Lipinski definition) is 3. The van der Waals surface area contributed by atoms with E-state index in [0.29, 0.717) is 17.6 Å². The molecule has 2 bridgehead atoms. The Kier molecular flexibility index (Phi) is 5.33. The summed E-state index contributed by atoms with van der Waals surface area (Å²) in [5.41, 5.74) is 0.703. The first kappa shape index (κ1) is 16.9. The first-order chi connectivity index (χ1) is 10.6. The Bertz CT molecular complexity index is 362. The van der Waals surface area contributed by atoms with E-state index in [-0.39, 0.29) is 0 Å². The van der Waals surface area contributed by atoms with E-state index in [1.807, 2.05) is 0 Å². The van der Waals surface area contributed by atoms with Crippen LogP contribution in [0.25, 0.3) is 0 Å². The van der Waals surface area contributed by atoms with Gasteiger partial charge in [0.25, 0.3) is 0 Å². The summed E-state index contributed by atoms with van der Waals surface area (Å²) >= 11 is 0. The maximum absolute atomic E-state index is 6.63. The van der Waals surface area contributed by atoms with E-state index in [1.165, 1.54) is 44.9 Å². The second-order valence-corrected chi connectivity index (χ2v) is 10.9. The average Bonchev–Trinajstić information content (AvgIpc) is 3.10. The minimum Gasteiger partial charge on any atom is -0.383 e. The summed E-state index contributed by atoms with van der Waals surface area (Å²) in [4.78, 5) is 0. The van der Waals surface area contributed by atoms with Crippen LogP contribution in [0.2, 0.25) is 5.54 Å². The van der Waals surface area contributed by atoms with Gasteiger partial charge in [0.2, 0.25) is 0 Å². The van der Waals surface area contributed by atoms with Gasteiger partial charge in [0, 0.05) is 30.8 Å². The fraction of sp³-hybridized carbons (Fsp3) is 1.00. The Labute approximate surface area is 138 Å². The summed E-state index contributed by atoms with van der Waals surface area (Å²) in [7, 11) is -2.31. The molecule has 3 nitrogen and oxygen atoms in total. The summed E-state index contributed by atoms with van der Waals surface area (Å²) in [6.45, 7) is 10.7. The van der Waals surface area contributed by atoms with Crippen LogP contribution >= 0.6 is 0 Å². The molecule has 0 aromatic rings. The zero-order valence-electron chi connectivity index (χ0n) is 15.0. The molecule has 2 aliphatic carbocycles. The predicted octanol–water partition coefficient (Wildman–Crippen LogP) is 4.45. The maximum atomic E-state index is 6.63. The van der Waals surface area contributed by atoms with Crippen molar-refractivity contribution < 1.29 is 8.85 Å². The summed E-state index contributed by atoms with van der Waals surface area (Å²) in [5, 5.41) is 0. The first-order valence-electron chi connectivity index (χ1n) is 9.68. The highest BCUT2D eigenvalue weighted by molar-refractivity contribution is 6.66. The molecule has 4 heteroatoms. The Balaban J connectivity index is 1.93. The molecule has 3 aliphatic rings. The highest BCUT2D eigenvalue weighted by Crippen LogP contribution is 2.57. The molecule has 22 heavy (non-hydrogen) atoms. The fourth-order valence-corrected chi connectivity index (χ4v) is 10.8. The predicted molar refractivity (Wildman–Crippen MR) is 92.8 cm³/mol. The van der Waals surface area contributed by atoms with Crippen molar-refractivity contribution in [2.45, 2.75) is 90.3 Å². The Morgan fingerprint density at radius 2 is 1.55 bits per heavy atom. The van der Waals surface area contributed by atoms with Crippen molar-refractivity contribution >= 4 is 8.72 Å². The summed E-state index contributed by atoms with van der Waals surface area (Å²) in [6, 6.07) is 1.24. The van der Waals surface area contributed by atoms with Gasteiger partial charge < -0.3 is 8.85 Å². The second-order valence-electron chi connectivity index (χ2n) is 7.81. The molecular formula is C18H35NO2Si. The molecule has 1 aliphatic heterocycles. The molecule has 5 atom stereocenters. The molecule has 0 aromatic heterocycles. The van der Waals surface area contributed by atoms with Crippen molar-refractivity contribution in [3.63, 3.8) is 0 Å². The Morgan fingerprint density at radius 3 is 2.00 bits per heavy atom. The summed E-state index contributed by atoms with van der Waals surface area (Å²) in [6.07, 6.45) is 9.65. The van der Waals surface area contributed by atoms with Crippen molar-refractivity contribution in [1.82, 2.24) is 4.57 Å². The van der Waals surface area contributed by atoms with E-state index in [2.05, 4.69) is 32.3 Å². The van der Waals surface area contributed by atoms with Gasteiger partial charge in [-0.15, -0.1) is 0 Å². The number of hydrogen-bond donors (Lipinski definition) is 0. The molecule has 1 saturated heterocycles. The zero-order chi connectivity index (χ0) is 15.7. The number of rotatable bonds is 6. The summed E-state index contributed by atoms with van der Waals surface area (Å²) in [5.74, 6) is 1.83. The topological polar surface area (TPSA) is 21.7 Å². The van der Waals surface area contributed by atoms with Gasteiger partial charge in [-0.3, -0.25) is 4.57 Å². The highest BCUT2D eigenvalue weighted by atomic mass is 28.4. The van der Waals surface area contributed by atoms with Crippen molar-refractivity contribution in [3.8, 4) is 0 Å². The molecule has 128 valence electrons. The second kappa shape index (κ2) is 6.92. The van der Waals surface area contributed by atoms with Crippen molar-refractivity contribution in [2.75, 3.05) is 13.2 Å². The SMILES string of the molecule is CCO[Si](OCC)(C1CC2CCC1C2)N1C(C)CCCC1C. The van der Waals surface area contributed by atoms with Crippen LogP contribution < -0.4 is 0 Å². The largest absolute Gasteiger partial charge is 0.431 e. The molecule has 3 fully saturated rings. The molecule has 0 aromatic carbocycles. The number of fused-ring (bicyclic) bond motifs is 2. The third-order valence-electron chi connectivity index (χ3n) is 6.46. The molecule has 0 spiro atoms. The van der Waals surface area contributed by atoms with Crippen LogP contribution in [0.1, 0.15) is 72.6 Å². The minimum atomic E-state index is -2.31. The monoisotopic (exact) mass is 325 g/mol. The molecule has 0 radical (unpaired) electrons. The smallest absolute Gasteiger partial charge is 0.383 e. The number of piperidine rings is 1. The average molecular weight is 326 g/mol. The van der Waals surface area contributed by atoms with Crippen LogP contribution in [0.5, 0.6) is 0 Å². The molecule has 0 N–H and O–H groups in total. The highest BCUT2D eigenvalue weighted by Gasteiger charge is 2.61. The molecule has 5 unspecified atom stereocenters. The first-order valence-corrected chi connectivity index (χ1v) is 11.5. The van der Waals surface area contributed by atoms with Gasteiger partial charge in [0.05, 0.1) is 0 Å². The maximum Gasteiger partial charge on any atom is 0.431 e. The standard InChI is InChI=1S/C18H35NO2Si/c1-5-20-22(21-6-2,18-13-16-10-11-17(18)12-16)19-14(3)8-7-9-15(19)4/h14-18H,5-13H2,1-4H3. The van der Waals surface area contributed by atoms with Crippen LogP contribution in [0.3, 0.4) is 0 Å². The Hall–Kier alpha value is 0.0969. The van der Waals surface area contributed by atoms with Crippen molar-refractivity contribution in [1.29, 1.82) is 0 Å². The molecule has 3 rings (SSSR count). The van der Waals surface area contributed by atoms with Gasteiger partial charge in [-0.25, -0.2) is 0 Å². The zero-order valence-corrected chi connectivity index (χ0v) is 16.0. The van der Waals surface area contributed by atoms with E-state index in [4.69, 9.17) is 8.85 Å². The van der Waals surface area contributed by atoms with E-state index in [1.54, 1.807) is 0 Å². The molecular weight excluding hydrogens is 290 g/mol. The lowest BCUT2D eigenvalue weighted by Gasteiger charge is -2.52. The van der Waals surface area contributed by atoms with Crippen molar-refractivity contribution in [2.24, 2.45) is 11.8 Å². The Morgan fingerprint density at radius 1 is 0.909 bits per heavy atom. The van der Waals surface area contributed by atoms with Crippen molar-refractivity contribution in [3.05, 3.63) is 0 Å².